The number of carbonyl (C=O) groups is 3. The van der Waals surface area contributed by atoms with Crippen molar-refractivity contribution in [2.75, 3.05) is 19.8 Å². The number of rotatable bonds is 31. The van der Waals surface area contributed by atoms with Crippen LogP contribution >= 0.6 is 0 Å². The molecule has 1 amide bonds. The molecular weight excluding hydrogens is 518 g/mol. The largest absolute Gasteiger partial charge is 0.462 e. The Bertz CT molecular complexity index is 612. The lowest BCUT2D eigenvalue weighted by Crippen LogP contribution is -2.28. The van der Waals surface area contributed by atoms with Crippen molar-refractivity contribution < 1.29 is 29.0 Å². The topological polar surface area (TPSA) is 102 Å². The Morgan fingerprint density at radius 3 is 1.39 bits per heavy atom. The summed E-state index contributed by atoms with van der Waals surface area (Å²) in [5, 5.41) is 12.3. The zero-order chi connectivity index (χ0) is 30.2. The van der Waals surface area contributed by atoms with Crippen LogP contribution in [-0.2, 0) is 23.9 Å². The van der Waals surface area contributed by atoms with Crippen LogP contribution in [0.2, 0.25) is 0 Å². The molecule has 2 N–H and O–H groups in total. The minimum absolute atomic E-state index is 0.0561. The summed E-state index contributed by atoms with van der Waals surface area (Å²) < 4.78 is 10.5. The van der Waals surface area contributed by atoms with Crippen LogP contribution in [-0.4, -0.2) is 48.8 Å². The maximum absolute atomic E-state index is 12.1. The SMILES string of the molecule is CCCCCCCCCCCCCC(=O)O[C@@H](CO)COC(=O)CCCCCCCCCCCCCCNC(C)=O. The Kier molecular flexibility index (Phi) is 30.1. The maximum atomic E-state index is 12.1. The van der Waals surface area contributed by atoms with Gasteiger partial charge in [-0.1, -0.05) is 135 Å². The van der Waals surface area contributed by atoms with Crippen molar-refractivity contribution in [2.45, 2.75) is 180 Å². The second-order valence-corrected chi connectivity index (χ2v) is 11.7. The molecule has 41 heavy (non-hydrogen) atoms. The number of carbonyl (C=O) groups excluding carboxylic acids is 3. The smallest absolute Gasteiger partial charge is 0.306 e. The highest BCUT2D eigenvalue weighted by Crippen LogP contribution is 2.14. The maximum Gasteiger partial charge on any atom is 0.306 e. The lowest BCUT2D eigenvalue weighted by Gasteiger charge is -2.15. The molecule has 0 saturated heterocycles. The molecule has 0 saturated carbocycles. The molecule has 0 aromatic rings. The van der Waals surface area contributed by atoms with E-state index in [1.807, 2.05) is 0 Å². The molecule has 7 heteroatoms. The summed E-state index contributed by atoms with van der Waals surface area (Å²) in [6, 6.07) is 0. The van der Waals surface area contributed by atoms with Crippen molar-refractivity contribution in [2.24, 2.45) is 0 Å². The van der Waals surface area contributed by atoms with Gasteiger partial charge in [-0.15, -0.1) is 0 Å². The Balaban J connectivity index is 3.52. The average molecular weight is 584 g/mol. The molecule has 0 aliphatic carbocycles. The first-order valence-corrected chi connectivity index (χ1v) is 17.2. The minimum Gasteiger partial charge on any atom is -0.462 e. The minimum atomic E-state index is -0.775. The fourth-order valence-corrected chi connectivity index (χ4v) is 4.99. The summed E-state index contributed by atoms with van der Waals surface area (Å²) >= 11 is 0. The lowest BCUT2D eigenvalue weighted by molar-refractivity contribution is -0.161. The van der Waals surface area contributed by atoms with Crippen molar-refractivity contribution in [3.05, 3.63) is 0 Å². The molecule has 0 aromatic heterocycles. The Morgan fingerprint density at radius 1 is 0.585 bits per heavy atom. The van der Waals surface area contributed by atoms with Crippen molar-refractivity contribution in [1.29, 1.82) is 0 Å². The first kappa shape index (κ1) is 39.4. The monoisotopic (exact) mass is 583 g/mol. The standard InChI is InChI=1S/C34H65NO6/c1-3-4-5-6-7-8-11-15-18-21-24-27-34(39)41-32(29-36)30-40-33(38)26-23-20-17-14-12-9-10-13-16-19-22-25-28-35-31(2)37/h32,36H,3-30H2,1-2H3,(H,35,37)/t32-/m0/s1. The van der Waals surface area contributed by atoms with Gasteiger partial charge in [-0.2, -0.15) is 0 Å². The summed E-state index contributed by atoms with van der Waals surface area (Å²) in [6.45, 7) is 4.19. The van der Waals surface area contributed by atoms with Gasteiger partial charge in [0.1, 0.15) is 6.61 Å². The Hall–Kier alpha value is -1.63. The third kappa shape index (κ3) is 31.1. The number of aliphatic hydroxyl groups excluding tert-OH is 1. The van der Waals surface area contributed by atoms with Gasteiger partial charge in [0, 0.05) is 26.3 Å². The highest BCUT2D eigenvalue weighted by molar-refractivity contribution is 5.72. The molecule has 242 valence electrons. The van der Waals surface area contributed by atoms with E-state index in [4.69, 9.17) is 9.47 Å². The third-order valence-corrected chi connectivity index (χ3v) is 7.60. The van der Waals surface area contributed by atoms with Crippen LogP contribution in [0.25, 0.3) is 0 Å². The molecule has 0 fully saturated rings. The van der Waals surface area contributed by atoms with E-state index in [0.717, 1.165) is 51.5 Å². The number of nitrogens with one attached hydrogen (secondary N) is 1. The predicted molar refractivity (Wildman–Crippen MR) is 168 cm³/mol. The summed E-state index contributed by atoms with van der Waals surface area (Å²) in [5.41, 5.74) is 0. The van der Waals surface area contributed by atoms with Crippen LogP contribution in [0.4, 0.5) is 0 Å². The first-order chi connectivity index (χ1) is 20.0. The molecular formula is C34H65NO6. The van der Waals surface area contributed by atoms with Gasteiger partial charge in [-0.25, -0.2) is 0 Å². The van der Waals surface area contributed by atoms with E-state index < -0.39 is 6.10 Å². The fourth-order valence-electron chi connectivity index (χ4n) is 4.99. The van der Waals surface area contributed by atoms with Crippen LogP contribution in [0, 0.1) is 0 Å². The highest BCUT2D eigenvalue weighted by Gasteiger charge is 2.16. The molecule has 0 radical (unpaired) electrons. The normalized spacial score (nSPS) is 11.8. The Morgan fingerprint density at radius 2 is 0.976 bits per heavy atom. The van der Waals surface area contributed by atoms with E-state index >= 15 is 0 Å². The number of unbranched alkanes of at least 4 members (excludes halogenated alkanes) is 21. The first-order valence-electron chi connectivity index (χ1n) is 17.2. The van der Waals surface area contributed by atoms with Crippen LogP contribution < -0.4 is 5.32 Å². The van der Waals surface area contributed by atoms with Gasteiger partial charge in [0.15, 0.2) is 6.10 Å². The number of aliphatic hydroxyl groups is 1. The average Bonchev–Trinajstić information content (AvgIpc) is 2.95. The van der Waals surface area contributed by atoms with E-state index in [9.17, 15) is 19.5 Å². The summed E-state index contributed by atoms with van der Waals surface area (Å²) in [7, 11) is 0. The number of esters is 2. The molecule has 0 rings (SSSR count). The molecule has 0 unspecified atom stereocenters. The van der Waals surface area contributed by atoms with Gasteiger partial charge < -0.3 is 19.9 Å². The van der Waals surface area contributed by atoms with Crippen molar-refractivity contribution >= 4 is 17.8 Å². The molecule has 0 aromatic carbocycles. The van der Waals surface area contributed by atoms with Crippen LogP contribution in [0.1, 0.15) is 174 Å². The number of amides is 1. The number of ether oxygens (including phenoxy) is 2. The van der Waals surface area contributed by atoms with Gasteiger partial charge in [-0.3, -0.25) is 14.4 Å². The van der Waals surface area contributed by atoms with Gasteiger partial charge >= 0.3 is 11.9 Å². The Labute approximate surface area is 252 Å². The van der Waals surface area contributed by atoms with Crippen molar-refractivity contribution in [3.8, 4) is 0 Å². The third-order valence-electron chi connectivity index (χ3n) is 7.60. The van der Waals surface area contributed by atoms with Gasteiger partial charge in [0.05, 0.1) is 6.61 Å². The van der Waals surface area contributed by atoms with Gasteiger partial charge in [-0.05, 0) is 19.3 Å². The zero-order valence-corrected chi connectivity index (χ0v) is 26.9. The summed E-state index contributed by atoms with van der Waals surface area (Å²) in [5.74, 6) is -0.558. The highest BCUT2D eigenvalue weighted by atomic mass is 16.6. The predicted octanol–water partition coefficient (Wildman–Crippen LogP) is 8.34. The van der Waals surface area contributed by atoms with E-state index in [1.165, 1.54) is 103 Å². The van der Waals surface area contributed by atoms with Crippen LogP contribution in [0.3, 0.4) is 0 Å². The fraction of sp³-hybridized carbons (Fsp3) is 0.912. The zero-order valence-electron chi connectivity index (χ0n) is 26.9. The second-order valence-electron chi connectivity index (χ2n) is 11.7. The van der Waals surface area contributed by atoms with Crippen molar-refractivity contribution in [3.63, 3.8) is 0 Å². The van der Waals surface area contributed by atoms with Crippen molar-refractivity contribution in [1.82, 2.24) is 5.32 Å². The molecule has 0 aliphatic heterocycles. The summed E-state index contributed by atoms with van der Waals surface area (Å²) in [4.78, 5) is 34.9. The quantitative estimate of drug-likeness (QED) is 0.0628. The van der Waals surface area contributed by atoms with Crippen LogP contribution in [0.5, 0.6) is 0 Å². The van der Waals surface area contributed by atoms with Crippen LogP contribution in [0.15, 0.2) is 0 Å². The lowest BCUT2D eigenvalue weighted by atomic mass is 10.0. The van der Waals surface area contributed by atoms with E-state index in [0.29, 0.717) is 12.8 Å². The number of hydrogen-bond donors (Lipinski definition) is 2. The molecule has 0 bridgehead atoms. The molecule has 1 atom stereocenters. The molecule has 7 nitrogen and oxygen atoms in total. The summed E-state index contributed by atoms with van der Waals surface area (Å²) in [6.07, 6.45) is 27.5. The van der Waals surface area contributed by atoms with E-state index in [-0.39, 0.29) is 31.1 Å². The van der Waals surface area contributed by atoms with E-state index in [2.05, 4.69) is 12.2 Å². The van der Waals surface area contributed by atoms with E-state index in [1.54, 1.807) is 6.92 Å². The molecule has 0 spiro atoms. The number of hydrogen-bond acceptors (Lipinski definition) is 6. The molecule has 0 aliphatic rings. The second kappa shape index (κ2) is 31.3. The molecule has 0 heterocycles. The van der Waals surface area contributed by atoms with Gasteiger partial charge in [0.2, 0.25) is 5.91 Å². The van der Waals surface area contributed by atoms with Gasteiger partial charge in [0.25, 0.3) is 0 Å².